The number of carbonyl (C=O) groups excluding carboxylic acids is 2. The Hall–Kier alpha value is -2.54. The lowest BCUT2D eigenvalue weighted by Gasteiger charge is -2.22. The van der Waals surface area contributed by atoms with Crippen LogP contribution in [0, 0.1) is 0 Å². The second-order valence-electron chi connectivity index (χ2n) is 7.21. The molecule has 0 aliphatic rings. The van der Waals surface area contributed by atoms with E-state index in [1.807, 2.05) is 45.1 Å². The smallest absolute Gasteiger partial charge is 0.222 e. The van der Waals surface area contributed by atoms with Crippen molar-refractivity contribution in [3.63, 3.8) is 0 Å². The Morgan fingerprint density at radius 2 is 1.93 bits per heavy atom. The predicted molar refractivity (Wildman–Crippen MR) is 109 cm³/mol. The van der Waals surface area contributed by atoms with Crippen LogP contribution in [0.15, 0.2) is 30.6 Å². The fourth-order valence-electron chi connectivity index (χ4n) is 2.99. The van der Waals surface area contributed by atoms with Gasteiger partial charge in [0.1, 0.15) is 0 Å². The molecule has 7 nitrogen and oxygen atoms in total. The minimum Gasteiger partial charge on any atom is -0.342 e. The minimum absolute atomic E-state index is 0.0455. The van der Waals surface area contributed by atoms with Crippen LogP contribution in [0.5, 0.6) is 0 Å². The SMILES string of the molecule is CCN(CCN(C)C)C(=O)CCCc1cc(C(=O)Cc2ccnn2C)ccn1. The number of ketones is 1. The first-order valence-electron chi connectivity index (χ1n) is 9.78. The van der Waals surface area contributed by atoms with Crippen molar-refractivity contribution >= 4 is 11.7 Å². The Labute approximate surface area is 167 Å². The molecule has 2 aromatic rings. The van der Waals surface area contributed by atoms with Crippen molar-refractivity contribution in [2.75, 3.05) is 33.7 Å². The molecule has 7 heteroatoms. The van der Waals surface area contributed by atoms with Crippen molar-refractivity contribution in [3.05, 3.63) is 47.5 Å². The maximum absolute atomic E-state index is 12.5. The molecule has 2 heterocycles. The monoisotopic (exact) mass is 385 g/mol. The predicted octanol–water partition coefficient (Wildman–Crippen LogP) is 1.97. The molecule has 2 aromatic heterocycles. The molecule has 2 rings (SSSR count). The van der Waals surface area contributed by atoms with Crippen LogP contribution >= 0.6 is 0 Å². The van der Waals surface area contributed by atoms with Crippen LogP contribution in [-0.2, 0) is 24.7 Å². The highest BCUT2D eigenvalue weighted by Crippen LogP contribution is 2.10. The molecule has 28 heavy (non-hydrogen) atoms. The molecule has 0 saturated carbocycles. The van der Waals surface area contributed by atoms with E-state index < -0.39 is 0 Å². The first kappa shape index (κ1) is 21.8. The molecule has 0 aliphatic carbocycles. The molecule has 0 fully saturated rings. The number of aryl methyl sites for hydroxylation is 2. The van der Waals surface area contributed by atoms with E-state index in [2.05, 4.69) is 15.0 Å². The fourth-order valence-corrected chi connectivity index (χ4v) is 2.99. The molecular formula is C21H31N5O2. The van der Waals surface area contributed by atoms with Crippen LogP contribution < -0.4 is 0 Å². The zero-order valence-corrected chi connectivity index (χ0v) is 17.4. The summed E-state index contributed by atoms with van der Waals surface area (Å²) >= 11 is 0. The van der Waals surface area contributed by atoms with Gasteiger partial charge in [-0.05, 0) is 52.1 Å². The van der Waals surface area contributed by atoms with Gasteiger partial charge in [0, 0.05) is 62.4 Å². The van der Waals surface area contributed by atoms with E-state index >= 15 is 0 Å². The summed E-state index contributed by atoms with van der Waals surface area (Å²) in [5.74, 6) is 0.219. The van der Waals surface area contributed by atoms with Crippen molar-refractivity contribution in [2.24, 2.45) is 7.05 Å². The molecule has 152 valence electrons. The van der Waals surface area contributed by atoms with Crippen molar-refractivity contribution in [1.29, 1.82) is 0 Å². The third-order valence-corrected chi connectivity index (χ3v) is 4.78. The Morgan fingerprint density at radius 3 is 2.57 bits per heavy atom. The third kappa shape index (κ3) is 6.56. The number of nitrogens with zero attached hydrogens (tertiary/aromatic N) is 5. The van der Waals surface area contributed by atoms with Crippen molar-refractivity contribution in [3.8, 4) is 0 Å². The molecule has 0 unspecified atom stereocenters. The van der Waals surface area contributed by atoms with Crippen molar-refractivity contribution < 1.29 is 9.59 Å². The summed E-state index contributed by atoms with van der Waals surface area (Å²) in [7, 11) is 5.84. The van der Waals surface area contributed by atoms with Gasteiger partial charge < -0.3 is 9.80 Å². The number of carbonyl (C=O) groups is 2. The number of Topliss-reactive ketones (excluding diaryl/α,β-unsaturated/α-hetero) is 1. The van der Waals surface area contributed by atoms with Crippen LogP contribution in [-0.4, -0.2) is 70.0 Å². The first-order chi connectivity index (χ1) is 13.4. The summed E-state index contributed by atoms with van der Waals surface area (Å²) in [6, 6.07) is 5.43. The summed E-state index contributed by atoms with van der Waals surface area (Å²) in [6.07, 6.45) is 5.58. The second kappa shape index (κ2) is 10.7. The Kier molecular flexibility index (Phi) is 8.32. The van der Waals surface area contributed by atoms with Crippen LogP contribution in [0.25, 0.3) is 0 Å². The maximum Gasteiger partial charge on any atom is 0.222 e. The molecule has 0 radical (unpaired) electrons. The average Bonchev–Trinajstić information content (AvgIpc) is 3.07. The molecule has 0 saturated heterocycles. The summed E-state index contributed by atoms with van der Waals surface area (Å²) in [4.78, 5) is 33.2. The summed E-state index contributed by atoms with van der Waals surface area (Å²) in [5.41, 5.74) is 2.38. The number of pyridine rings is 1. The van der Waals surface area contributed by atoms with Crippen molar-refractivity contribution in [1.82, 2.24) is 24.6 Å². The minimum atomic E-state index is 0.0455. The number of hydrogen-bond acceptors (Lipinski definition) is 5. The number of amides is 1. The van der Waals surface area contributed by atoms with E-state index in [9.17, 15) is 9.59 Å². The van der Waals surface area contributed by atoms with E-state index in [1.165, 1.54) is 0 Å². The standard InChI is InChI=1S/C21H31N5O2/c1-5-26(14-13-24(2)3)21(28)8-6-7-18-15-17(9-11-22-18)20(27)16-19-10-12-23-25(19)4/h9-12,15H,5-8,13-14,16H2,1-4H3. The van der Waals surface area contributed by atoms with Gasteiger partial charge in [-0.1, -0.05) is 0 Å². The summed E-state index contributed by atoms with van der Waals surface area (Å²) < 4.78 is 1.71. The molecule has 0 aromatic carbocycles. The van der Waals surface area contributed by atoms with Gasteiger partial charge in [0.05, 0.1) is 6.42 Å². The number of aromatic nitrogens is 3. The highest BCUT2D eigenvalue weighted by Gasteiger charge is 2.13. The van der Waals surface area contributed by atoms with E-state index in [1.54, 1.807) is 23.1 Å². The quantitative estimate of drug-likeness (QED) is 0.553. The Balaban J connectivity index is 1.86. The van der Waals surface area contributed by atoms with Gasteiger partial charge in [-0.2, -0.15) is 5.10 Å². The highest BCUT2D eigenvalue weighted by molar-refractivity contribution is 5.97. The molecule has 0 N–H and O–H groups in total. The number of hydrogen-bond donors (Lipinski definition) is 0. The van der Waals surface area contributed by atoms with E-state index in [4.69, 9.17) is 0 Å². The molecular weight excluding hydrogens is 354 g/mol. The van der Waals surface area contributed by atoms with Crippen LogP contribution in [0.4, 0.5) is 0 Å². The maximum atomic E-state index is 12.5. The normalized spacial score (nSPS) is 11.0. The highest BCUT2D eigenvalue weighted by atomic mass is 16.2. The molecule has 1 amide bonds. The largest absolute Gasteiger partial charge is 0.342 e. The zero-order valence-electron chi connectivity index (χ0n) is 17.4. The first-order valence-corrected chi connectivity index (χ1v) is 9.78. The van der Waals surface area contributed by atoms with Gasteiger partial charge >= 0.3 is 0 Å². The lowest BCUT2D eigenvalue weighted by Crippen LogP contribution is -2.36. The summed E-state index contributed by atoms with van der Waals surface area (Å²) in [5, 5.41) is 4.10. The van der Waals surface area contributed by atoms with Crippen molar-refractivity contribution in [2.45, 2.75) is 32.6 Å². The van der Waals surface area contributed by atoms with Crippen LogP contribution in [0.3, 0.4) is 0 Å². The van der Waals surface area contributed by atoms with Gasteiger partial charge in [0.25, 0.3) is 0 Å². The molecule has 0 spiro atoms. The number of rotatable bonds is 11. The van der Waals surface area contributed by atoms with E-state index in [0.717, 1.165) is 37.4 Å². The average molecular weight is 386 g/mol. The van der Waals surface area contributed by atoms with Gasteiger partial charge in [0.15, 0.2) is 5.78 Å². The van der Waals surface area contributed by atoms with Crippen LogP contribution in [0.2, 0.25) is 0 Å². The zero-order chi connectivity index (χ0) is 20.5. The lowest BCUT2D eigenvalue weighted by molar-refractivity contribution is -0.131. The molecule has 0 aliphatic heterocycles. The van der Waals surface area contributed by atoms with Gasteiger partial charge in [-0.25, -0.2) is 0 Å². The number of likely N-dealkylation sites (N-methyl/N-ethyl adjacent to an activating group) is 2. The Morgan fingerprint density at radius 1 is 1.14 bits per heavy atom. The lowest BCUT2D eigenvalue weighted by atomic mass is 10.0. The van der Waals surface area contributed by atoms with Crippen LogP contribution in [0.1, 0.15) is 41.5 Å². The molecule has 0 bridgehead atoms. The Bertz CT molecular complexity index is 785. The fraction of sp³-hybridized carbons (Fsp3) is 0.524. The topological polar surface area (TPSA) is 71.3 Å². The van der Waals surface area contributed by atoms with Gasteiger partial charge in [0.2, 0.25) is 5.91 Å². The second-order valence-corrected chi connectivity index (χ2v) is 7.21. The van der Waals surface area contributed by atoms with Gasteiger partial charge in [-0.15, -0.1) is 0 Å². The molecule has 0 atom stereocenters. The van der Waals surface area contributed by atoms with E-state index in [0.29, 0.717) is 24.8 Å². The summed E-state index contributed by atoms with van der Waals surface area (Å²) in [6.45, 7) is 4.34. The third-order valence-electron chi connectivity index (χ3n) is 4.78. The van der Waals surface area contributed by atoms with Gasteiger partial charge in [-0.3, -0.25) is 19.3 Å². The van der Waals surface area contributed by atoms with E-state index in [-0.39, 0.29) is 11.7 Å².